The number of thiol groups is 1. The van der Waals surface area contributed by atoms with Crippen molar-refractivity contribution in [2.24, 2.45) is 5.73 Å². The van der Waals surface area contributed by atoms with Crippen molar-refractivity contribution in [3.05, 3.63) is 95.6 Å². The number of anilines is 1. The number of nitrogens with two attached hydrogens (primary N) is 1. The molecule has 0 aliphatic rings. The summed E-state index contributed by atoms with van der Waals surface area (Å²) in [6.45, 7) is 0.277. The van der Waals surface area contributed by atoms with Crippen LogP contribution in [0.1, 0.15) is 22.7 Å². The highest BCUT2D eigenvalue weighted by Crippen LogP contribution is 2.20. The average molecular weight is 505 g/mol. The fourth-order valence-corrected chi connectivity index (χ4v) is 5.08. The molecule has 174 valence electrons. The lowest BCUT2D eigenvalue weighted by molar-refractivity contribution is 0.574. The number of hydrogen-bond acceptors (Lipinski definition) is 6. The molecular weight excluding hydrogens is 480 g/mol. The van der Waals surface area contributed by atoms with Gasteiger partial charge in [0.05, 0.1) is 10.9 Å². The molecule has 0 radical (unpaired) electrons. The number of benzene rings is 3. The zero-order valence-corrected chi connectivity index (χ0v) is 20.0. The smallest absolute Gasteiger partial charge is 0.263 e. The largest absolute Gasteiger partial charge is 0.332 e. The Bertz CT molecular complexity index is 1270. The van der Waals surface area contributed by atoms with E-state index < -0.39 is 27.0 Å². The summed E-state index contributed by atoms with van der Waals surface area (Å²) in [5, 5.41) is 2.78. The highest BCUT2D eigenvalue weighted by atomic mass is 32.2. The topological polar surface area (TPSA) is 130 Å². The van der Waals surface area contributed by atoms with Gasteiger partial charge in [0.15, 0.2) is 5.11 Å². The molecule has 0 saturated heterocycles. The van der Waals surface area contributed by atoms with Crippen LogP contribution in [-0.2, 0) is 33.9 Å². The van der Waals surface area contributed by atoms with Gasteiger partial charge in [0, 0.05) is 12.2 Å². The van der Waals surface area contributed by atoms with E-state index in [1.807, 2.05) is 42.5 Å². The van der Waals surface area contributed by atoms with Crippen LogP contribution in [0, 0.1) is 0 Å². The van der Waals surface area contributed by atoms with Crippen molar-refractivity contribution in [1.82, 2.24) is 9.44 Å². The Kier molecular flexibility index (Phi) is 8.53. The number of hydrogen-bond donors (Lipinski definition) is 5. The number of sulfonamides is 1. The summed E-state index contributed by atoms with van der Waals surface area (Å²) in [7, 11) is -6.72. The molecule has 0 spiro atoms. The number of nitrogens with one attached hydrogen (secondary N) is 3. The van der Waals surface area contributed by atoms with Crippen molar-refractivity contribution in [3.8, 4) is 0 Å². The van der Waals surface area contributed by atoms with Gasteiger partial charge >= 0.3 is 0 Å². The van der Waals surface area contributed by atoms with Gasteiger partial charge in [-0.3, -0.25) is 4.72 Å². The van der Waals surface area contributed by atoms with Gasteiger partial charge in [-0.1, -0.05) is 60.7 Å². The lowest BCUT2D eigenvalue weighted by Crippen LogP contribution is -2.34. The van der Waals surface area contributed by atoms with Crippen molar-refractivity contribution in [2.45, 2.75) is 23.9 Å². The molecule has 11 heteroatoms. The van der Waals surface area contributed by atoms with E-state index in [9.17, 15) is 16.8 Å². The predicted molar refractivity (Wildman–Crippen MR) is 134 cm³/mol. The Balaban J connectivity index is 1.70. The summed E-state index contributed by atoms with van der Waals surface area (Å²) in [5.74, 6) is 0. The van der Waals surface area contributed by atoms with Crippen molar-refractivity contribution in [2.75, 3.05) is 5.32 Å². The van der Waals surface area contributed by atoms with Gasteiger partial charge in [0.1, 0.15) is 0 Å². The molecule has 0 heterocycles. The third kappa shape index (κ3) is 7.07. The van der Waals surface area contributed by atoms with E-state index in [2.05, 4.69) is 14.8 Å². The van der Waals surface area contributed by atoms with Crippen molar-refractivity contribution >= 4 is 43.9 Å². The first-order chi connectivity index (χ1) is 15.8. The lowest BCUT2D eigenvalue weighted by atomic mass is 10.00. The molecule has 33 heavy (non-hydrogen) atoms. The first-order valence-corrected chi connectivity index (χ1v) is 13.0. The normalized spacial score (nSPS) is 12.3. The SMILES string of the molecule is NCc1ccccc1NC(=S)NS(=O)(=O)c1ccc(CC(N[SH](=O)=O)c2ccccc2)cc1. The van der Waals surface area contributed by atoms with Crippen LogP contribution in [0.15, 0.2) is 83.8 Å². The van der Waals surface area contributed by atoms with E-state index >= 15 is 0 Å². The van der Waals surface area contributed by atoms with Crippen LogP contribution in [-0.4, -0.2) is 21.9 Å². The van der Waals surface area contributed by atoms with Crippen LogP contribution in [0.3, 0.4) is 0 Å². The van der Waals surface area contributed by atoms with Crippen molar-refractivity contribution in [1.29, 1.82) is 0 Å². The summed E-state index contributed by atoms with van der Waals surface area (Å²) in [6.07, 6.45) is 0.358. The molecular formula is C22H24N4O4S3. The van der Waals surface area contributed by atoms with Gasteiger partial charge in [-0.05, 0) is 53.5 Å². The molecule has 0 bridgehead atoms. The summed E-state index contributed by atoms with van der Waals surface area (Å²) >= 11 is 5.16. The van der Waals surface area contributed by atoms with Gasteiger partial charge in [0.2, 0.25) is 10.9 Å². The van der Waals surface area contributed by atoms with Crippen LogP contribution in [0.2, 0.25) is 0 Å². The van der Waals surface area contributed by atoms with Crippen molar-refractivity contribution in [3.63, 3.8) is 0 Å². The van der Waals surface area contributed by atoms with E-state index in [4.69, 9.17) is 18.0 Å². The number of para-hydroxylation sites is 1. The minimum Gasteiger partial charge on any atom is -0.332 e. The van der Waals surface area contributed by atoms with Crippen LogP contribution < -0.4 is 20.5 Å². The molecule has 0 aromatic heterocycles. The maximum atomic E-state index is 12.7. The minimum atomic E-state index is -3.91. The first kappa shape index (κ1) is 24.8. The fourth-order valence-electron chi connectivity index (χ4n) is 3.24. The third-order valence-electron chi connectivity index (χ3n) is 4.85. The van der Waals surface area contributed by atoms with Crippen LogP contribution in [0.25, 0.3) is 0 Å². The van der Waals surface area contributed by atoms with Crippen LogP contribution in [0.5, 0.6) is 0 Å². The molecule has 3 aromatic carbocycles. The van der Waals surface area contributed by atoms with E-state index in [1.54, 1.807) is 24.3 Å². The van der Waals surface area contributed by atoms with E-state index in [-0.39, 0.29) is 16.6 Å². The van der Waals surface area contributed by atoms with E-state index in [0.29, 0.717) is 12.1 Å². The van der Waals surface area contributed by atoms with Gasteiger partial charge in [-0.15, -0.1) is 0 Å². The standard InChI is InChI=1S/C22H24N4O4S3/c23-15-18-8-4-5-9-20(18)24-22(31)26-33(29,30)19-12-10-16(11-13-19)14-21(25-32(27)28)17-6-2-1-3-7-17/h1-13,21,32H,14-15,23H2,(H2,24,26,31)(H,25,27,28). The second-order valence-corrected chi connectivity index (χ2v) is 9.98. The quantitative estimate of drug-likeness (QED) is 0.223. The molecule has 0 amide bonds. The fraction of sp³-hybridized carbons (Fsp3) is 0.136. The molecule has 5 N–H and O–H groups in total. The predicted octanol–water partition coefficient (Wildman–Crippen LogP) is 2.22. The van der Waals surface area contributed by atoms with Gasteiger partial charge in [0.25, 0.3) is 10.0 Å². The van der Waals surface area contributed by atoms with Gasteiger partial charge in [-0.25, -0.2) is 21.6 Å². The molecule has 1 unspecified atom stereocenters. The lowest BCUT2D eigenvalue weighted by Gasteiger charge is -2.16. The Morgan fingerprint density at radius 1 is 0.939 bits per heavy atom. The molecule has 3 rings (SSSR count). The molecule has 3 aromatic rings. The number of rotatable bonds is 9. The Morgan fingerprint density at radius 3 is 2.21 bits per heavy atom. The van der Waals surface area contributed by atoms with Gasteiger partial charge < -0.3 is 11.1 Å². The zero-order valence-electron chi connectivity index (χ0n) is 17.5. The van der Waals surface area contributed by atoms with Crippen molar-refractivity contribution < 1.29 is 16.8 Å². The molecule has 0 saturated carbocycles. The second-order valence-electron chi connectivity index (χ2n) is 7.12. The van der Waals surface area contributed by atoms with Gasteiger partial charge in [-0.2, -0.15) is 0 Å². The maximum absolute atomic E-state index is 12.7. The minimum absolute atomic E-state index is 0.0293. The van der Waals surface area contributed by atoms with Crippen LogP contribution in [0.4, 0.5) is 5.69 Å². The summed E-state index contributed by atoms with van der Waals surface area (Å²) in [6, 6.07) is 22.1. The van der Waals surface area contributed by atoms with E-state index in [1.165, 1.54) is 12.1 Å². The monoisotopic (exact) mass is 504 g/mol. The summed E-state index contributed by atoms with van der Waals surface area (Å²) in [5.41, 5.74) is 8.69. The molecule has 0 aliphatic heterocycles. The third-order valence-corrected chi connectivity index (χ3v) is 7.07. The Hall–Kier alpha value is -2.83. The Labute approximate surface area is 200 Å². The average Bonchev–Trinajstić information content (AvgIpc) is 2.79. The molecule has 8 nitrogen and oxygen atoms in total. The Morgan fingerprint density at radius 2 is 1.58 bits per heavy atom. The molecule has 1 atom stereocenters. The highest BCUT2D eigenvalue weighted by Gasteiger charge is 2.18. The van der Waals surface area contributed by atoms with Crippen LogP contribution >= 0.6 is 12.2 Å². The second kappa shape index (κ2) is 11.3. The summed E-state index contributed by atoms with van der Waals surface area (Å²) in [4.78, 5) is 0.0293. The summed E-state index contributed by atoms with van der Waals surface area (Å²) < 4.78 is 52.8. The first-order valence-electron chi connectivity index (χ1n) is 9.94. The number of thiocarbonyl (C=S) groups is 1. The maximum Gasteiger partial charge on any atom is 0.263 e. The van der Waals surface area contributed by atoms with E-state index in [0.717, 1.165) is 16.7 Å². The molecule has 0 fully saturated rings. The zero-order chi connectivity index (χ0) is 23.8. The molecule has 0 aliphatic carbocycles. The highest BCUT2D eigenvalue weighted by molar-refractivity contribution is 7.92.